The standard InChI is InChI=1S/C9H22N2OS/c1-9(11-5-7-13-3)8-10-4-6-12-2/h9-11H,4-8H2,1-3H3. The quantitative estimate of drug-likeness (QED) is 0.540. The van der Waals surface area contributed by atoms with E-state index in [0.29, 0.717) is 6.04 Å². The summed E-state index contributed by atoms with van der Waals surface area (Å²) in [6.07, 6.45) is 2.13. The van der Waals surface area contributed by atoms with Crippen molar-refractivity contribution >= 4 is 11.8 Å². The lowest BCUT2D eigenvalue weighted by Crippen LogP contribution is -2.38. The van der Waals surface area contributed by atoms with Crippen LogP contribution < -0.4 is 10.6 Å². The fourth-order valence-corrected chi connectivity index (χ4v) is 1.29. The van der Waals surface area contributed by atoms with Gasteiger partial charge in [0.25, 0.3) is 0 Å². The van der Waals surface area contributed by atoms with Crippen molar-refractivity contribution in [3.05, 3.63) is 0 Å². The molecule has 0 aromatic heterocycles. The minimum absolute atomic E-state index is 0.545. The number of hydrogen-bond donors (Lipinski definition) is 2. The number of methoxy groups -OCH3 is 1. The third-order valence-electron chi connectivity index (χ3n) is 1.73. The van der Waals surface area contributed by atoms with E-state index < -0.39 is 0 Å². The monoisotopic (exact) mass is 206 g/mol. The number of hydrogen-bond acceptors (Lipinski definition) is 4. The van der Waals surface area contributed by atoms with E-state index in [2.05, 4.69) is 23.8 Å². The Morgan fingerprint density at radius 3 is 2.77 bits per heavy atom. The first-order chi connectivity index (χ1) is 6.31. The van der Waals surface area contributed by atoms with Crippen LogP contribution in [0, 0.1) is 0 Å². The van der Waals surface area contributed by atoms with Gasteiger partial charge in [-0.3, -0.25) is 0 Å². The Hall–Kier alpha value is 0.230. The van der Waals surface area contributed by atoms with Gasteiger partial charge in [0, 0.05) is 38.5 Å². The molecule has 0 saturated carbocycles. The molecule has 0 amide bonds. The highest BCUT2D eigenvalue weighted by molar-refractivity contribution is 7.98. The Kier molecular flexibility index (Phi) is 10.5. The smallest absolute Gasteiger partial charge is 0.0587 e. The van der Waals surface area contributed by atoms with Crippen LogP contribution in [-0.2, 0) is 4.74 Å². The normalized spacial score (nSPS) is 13.2. The highest BCUT2D eigenvalue weighted by atomic mass is 32.2. The van der Waals surface area contributed by atoms with Crippen molar-refractivity contribution in [2.75, 3.05) is 45.4 Å². The van der Waals surface area contributed by atoms with Gasteiger partial charge in [-0.1, -0.05) is 0 Å². The molecular weight excluding hydrogens is 184 g/mol. The zero-order valence-corrected chi connectivity index (χ0v) is 9.75. The Morgan fingerprint density at radius 2 is 2.15 bits per heavy atom. The molecule has 1 unspecified atom stereocenters. The molecule has 0 bridgehead atoms. The summed E-state index contributed by atoms with van der Waals surface area (Å²) in [6, 6.07) is 0.545. The predicted molar refractivity (Wildman–Crippen MR) is 60.6 cm³/mol. The Bertz CT molecular complexity index is 104. The second-order valence-electron chi connectivity index (χ2n) is 3.04. The minimum atomic E-state index is 0.545. The average molecular weight is 206 g/mol. The molecule has 0 heterocycles. The summed E-state index contributed by atoms with van der Waals surface area (Å²) in [5.74, 6) is 1.18. The van der Waals surface area contributed by atoms with Gasteiger partial charge in [-0.15, -0.1) is 0 Å². The Morgan fingerprint density at radius 1 is 1.38 bits per heavy atom. The first-order valence-corrected chi connectivity index (χ1v) is 6.12. The first-order valence-electron chi connectivity index (χ1n) is 4.73. The molecule has 2 N–H and O–H groups in total. The summed E-state index contributed by atoms with van der Waals surface area (Å²) in [7, 11) is 1.72. The number of rotatable bonds is 9. The van der Waals surface area contributed by atoms with E-state index in [4.69, 9.17) is 4.74 Å². The molecule has 0 aliphatic carbocycles. The first kappa shape index (κ1) is 13.2. The van der Waals surface area contributed by atoms with Crippen LogP contribution in [0.2, 0.25) is 0 Å². The third kappa shape index (κ3) is 10.1. The molecule has 13 heavy (non-hydrogen) atoms. The largest absolute Gasteiger partial charge is 0.383 e. The molecule has 0 fully saturated rings. The number of thioether (sulfide) groups is 1. The molecule has 3 nitrogen and oxygen atoms in total. The molecule has 4 heteroatoms. The van der Waals surface area contributed by atoms with Crippen LogP contribution in [0.4, 0.5) is 0 Å². The molecule has 80 valence electrons. The molecule has 0 aromatic rings. The molecular formula is C9H22N2OS. The lowest BCUT2D eigenvalue weighted by atomic mass is 10.3. The molecule has 0 spiro atoms. The van der Waals surface area contributed by atoms with Crippen molar-refractivity contribution in [1.29, 1.82) is 0 Å². The summed E-state index contributed by atoms with van der Waals surface area (Å²) in [6.45, 7) is 6.02. The van der Waals surface area contributed by atoms with Crippen molar-refractivity contribution in [2.24, 2.45) is 0 Å². The van der Waals surface area contributed by atoms with Crippen molar-refractivity contribution < 1.29 is 4.74 Å². The van der Waals surface area contributed by atoms with E-state index in [1.807, 2.05) is 11.8 Å². The van der Waals surface area contributed by atoms with Gasteiger partial charge in [0.1, 0.15) is 0 Å². The van der Waals surface area contributed by atoms with Gasteiger partial charge in [-0.05, 0) is 13.2 Å². The number of nitrogens with one attached hydrogen (secondary N) is 2. The van der Waals surface area contributed by atoms with E-state index in [-0.39, 0.29) is 0 Å². The predicted octanol–water partition coefficient (Wildman–Crippen LogP) is 0.563. The third-order valence-corrected chi connectivity index (χ3v) is 2.34. The van der Waals surface area contributed by atoms with Gasteiger partial charge in [0.05, 0.1) is 6.61 Å². The van der Waals surface area contributed by atoms with Crippen molar-refractivity contribution in [1.82, 2.24) is 10.6 Å². The molecule has 0 radical (unpaired) electrons. The van der Waals surface area contributed by atoms with Gasteiger partial charge in [0.15, 0.2) is 0 Å². The van der Waals surface area contributed by atoms with Gasteiger partial charge in [-0.25, -0.2) is 0 Å². The molecule has 0 aliphatic heterocycles. The van der Waals surface area contributed by atoms with Crippen LogP contribution in [0.25, 0.3) is 0 Å². The summed E-state index contributed by atoms with van der Waals surface area (Å²) < 4.78 is 4.94. The summed E-state index contributed by atoms with van der Waals surface area (Å²) in [5, 5.41) is 6.75. The maximum absolute atomic E-state index is 4.94. The molecule has 0 aliphatic rings. The Labute approximate surface area is 86.0 Å². The molecule has 0 saturated heterocycles. The fraction of sp³-hybridized carbons (Fsp3) is 1.00. The van der Waals surface area contributed by atoms with Gasteiger partial charge in [-0.2, -0.15) is 11.8 Å². The Balaban J connectivity index is 3.05. The van der Waals surface area contributed by atoms with Crippen LogP contribution in [-0.4, -0.2) is 51.4 Å². The van der Waals surface area contributed by atoms with Gasteiger partial charge in [0.2, 0.25) is 0 Å². The van der Waals surface area contributed by atoms with E-state index in [9.17, 15) is 0 Å². The second kappa shape index (κ2) is 10.3. The van der Waals surface area contributed by atoms with E-state index in [1.165, 1.54) is 5.75 Å². The maximum atomic E-state index is 4.94. The van der Waals surface area contributed by atoms with Crippen LogP contribution >= 0.6 is 11.8 Å². The second-order valence-corrected chi connectivity index (χ2v) is 4.03. The van der Waals surface area contributed by atoms with E-state index in [0.717, 1.165) is 26.2 Å². The minimum Gasteiger partial charge on any atom is -0.383 e. The average Bonchev–Trinajstić information content (AvgIpc) is 2.13. The lowest BCUT2D eigenvalue weighted by Gasteiger charge is -2.13. The van der Waals surface area contributed by atoms with Crippen molar-refractivity contribution in [2.45, 2.75) is 13.0 Å². The van der Waals surface area contributed by atoms with Crippen LogP contribution in [0.1, 0.15) is 6.92 Å². The van der Waals surface area contributed by atoms with E-state index >= 15 is 0 Å². The zero-order valence-electron chi connectivity index (χ0n) is 8.93. The zero-order chi connectivity index (χ0) is 9.94. The lowest BCUT2D eigenvalue weighted by molar-refractivity contribution is 0.198. The van der Waals surface area contributed by atoms with Crippen LogP contribution in [0.5, 0.6) is 0 Å². The SMILES string of the molecule is COCCNCC(C)NCCSC. The van der Waals surface area contributed by atoms with Gasteiger partial charge < -0.3 is 15.4 Å². The maximum Gasteiger partial charge on any atom is 0.0587 e. The van der Waals surface area contributed by atoms with Crippen molar-refractivity contribution in [3.8, 4) is 0 Å². The van der Waals surface area contributed by atoms with Crippen LogP contribution in [0.3, 0.4) is 0 Å². The van der Waals surface area contributed by atoms with Crippen LogP contribution in [0.15, 0.2) is 0 Å². The highest BCUT2D eigenvalue weighted by Gasteiger charge is 1.98. The topological polar surface area (TPSA) is 33.3 Å². The van der Waals surface area contributed by atoms with Gasteiger partial charge >= 0.3 is 0 Å². The fourth-order valence-electron chi connectivity index (χ4n) is 0.972. The molecule has 1 atom stereocenters. The van der Waals surface area contributed by atoms with Crippen molar-refractivity contribution in [3.63, 3.8) is 0 Å². The summed E-state index contributed by atoms with van der Waals surface area (Å²) in [4.78, 5) is 0. The van der Waals surface area contributed by atoms with E-state index in [1.54, 1.807) is 7.11 Å². The molecule has 0 aromatic carbocycles. The summed E-state index contributed by atoms with van der Waals surface area (Å²) in [5.41, 5.74) is 0. The summed E-state index contributed by atoms with van der Waals surface area (Å²) >= 11 is 1.87. The highest BCUT2D eigenvalue weighted by Crippen LogP contribution is 1.88. The number of ether oxygens (including phenoxy) is 1. The molecule has 0 rings (SSSR count).